The second kappa shape index (κ2) is 8.62. The number of hydrogen-bond donors (Lipinski definition) is 2. The number of piperidine rings is 1. The van der Waals surface area contributed by atoms with Gasteiger partial charge in [0.05, 0.1) is 0 Å². The summed E-state index contributed by atoms with van der Waals surface area (Å²) in [5.41, 5.74) is 5.48. The van der Waals surface area contributed by atoms with Gasteiger partial charge in [0, 0.05) is 23.6 Å². The normalized spacial score (nSPS) is 21.2. The van der Waals surface area contributed by atoms with Crippen molar-refractivity contribution in [2.24, 2.45) is 0 Å². The van der Waals surface area contributed by atoms with E-state index >= 15 is 0 Å². The Bertz CT molecular complexity index is 879. The van der Waals surface area contributed by atoms with Crippen LogP contribution in [0.25, 0.3) is 0 Å². The van der Waals surface area contributed by atoms with Gasteiger partial charge in [0.15, 0.2) is 0 Å². The van der Waals surface area contributed by atoms with Gasteiger partial charge in [0.2, 0.25) is 0 Å². The highest BCUT2D eigenvalue weighted by molar-refractivity contribution is 5.55. The van der Waals surface area contributed by atoms with Gasteiger partial charge in [-0.05, 0) is 82.2 Å². The van der Waals surface area contributed by atoms with Crippen molar-refractivity contribution in [3.05, 3.63) is 70.3 Å². The van der Waals surface area contributed by atoms with Gasteiger partial charge in [-0.3, -0.25) is 4.90 Å². The SMILES string of the molecule is CC1=CC(c2c(O)cc(C)c(CN3CCC(c4ccccc4)CC3)c2O)CCC1. The van der Waals surface area contributed by atoms with Crippen LogP contribution in [0, 0.1) is 6.92 Å². The summed E-state index contributed by atoms with van der Waals surface area (Å²) in [6, 6.07) is 12.7. The molecule has 0 saturated carbocycles. The molecule has 2 N–H and O–H groups in total. The molecule has 1 heterocycles. The molecule has 1 aliphatic heterocycles. The Morgan fingerprint density at radius 1 is 1.00 bits per heavy atom. The first-order valence-corrected chi connectivity index (χ1v) is 11.0. The summed E-state index contributed by atoms with van der Waals surface area (Å²) in [6.45, 7) is 6.97. The van der Waals surface area contributed by atoms with E-state index in [4.69, 9.17) is 0 Å². The quantitative estimate of drug-likeness (QED) is 0.628. The van der Waals surface area contributed by atoms with E-state index in [2.05, 4.69) is 48.2 Å². The van der Waals surface area contributed by atoms with E-state index in [1.165, 1.54) is 11.1 Å². The molecule has 0 bridgehead atoms. The Morgan fingerprint density at radius 3 is 2.41 bits per heavy atom. The van der Waals surface area contributed by atoms with Crippen molar-refractivity contribution < 1.29 is 10.2 Å². The van der Waals surface area contributed by atoms with E-state index in [9.17, 15) is 10.2 Å². The van der Waals surface area contributed by atoms with Crippen LogP contribution >= 0.6 is 0 Å². The fourth-order valence-electron chi connectivity index (χ4n) is 5.12. The van der Waals surface area contributed by atoms with Gasteiger partial charge in [-0.15, -0.1) is 0 Å². The van der Waals surface area contributed by atoms with E-state index in [1.807, 2.05) is 13.0 Å². The number of allylic oxidation sites excluding steroid dienone is 2. The lowest BCUT2D eigenvalue weighted by molar-refractivity contribution is 0.202. The van der Waals surface area contributed by atoms with Crippen LogP contribution in [0.15, 0.2) is 48.0 Å². The van der Waals surface area contributed by atoms with Gasteiger partial charge >= 0.3 is 0 Å². The molecule has 154 valence electrons. The zero-order valence-electron chi connectivity index (χ0n) is 17.7. The molecule has 29 heavy (non-hydrogen) atoms. The van der Waals surface area contributed by atoms with Gasteiger partial charge in [-0.25, -0.2) is 0 Å². The van der Waals surface area contributed by atoms with Crippen LogP contribution in [0.4, 0.5) is 0 Å². The highest BCUT2D eigenvalue weighted by atomic mass is 16.3. The third-order valence-corrected chi connectivity index (χ3v) is 6.83. The summed E-state index contributed by atoms with van der Waals surface area (Å²) < 4.78 is 0. The minimum atomic E-state index is 0.118. The number of aryl methyl sites for hydroxylation is 1. The fourth-order valence-corrected chi connectivity index (χ4v) is 5.12. The Labute approximate surface area is 174 Å². The fraction of sp³-hybridized carbons (Fsp3) is 0.462. The zero-order valence-corrected chi connectivity index (χ0v) is 17.7. The lowest BCUT2D eigenvalue weighted by Gasteiger charge is -2.33. The number of phenolic OH excluding ortho intramolecular Hbond substituents is 2. The summed E-state index contributed by atoms with van der Waals surface area (Å²) in [5, 5.41) is 21.7. The van der Waals surface area contributed by atoms with E-state index in [-0.39, 0.29) is 11.7 Å². The van der Waals surface area contributed by atoms with Crippen LogP contribution in [0.5, 0.6) is 11.5 Å². The molecule has 0 aromatic heterocycles. The van der Waals surface area contributed by atoms with Crippen LogP contribution in [-0.4, -0.2) is 28.2 Å². The van der Waals surface area contributed by atoms with Crippen LogP contribution < -0.4 is 0 Å². The van der Waals surface area contributed by atoms with Gasteiger partial charge < -0.3 is 10.2 Å². The average molecular weight is 392 g/mol. The maximum Gasteiger partial charge on any atom is 0.127 e. The van der Waals surface area contributed by atoms with Crippen molar-refractivity contribution in [1.29, 1.82) is 0 Å². The number of nitrogens with zero attached hydrogens (tertiary/aromatic N) is 1. The molecule has 1 unspecified atom stereocenters. The van der Waals surface area contributed by atoms with Gasteiger partial charge in [0.25, 0.3) is 0 Å². The van der Waals surface area contributed by atoms with Gasteiger partial charge in [-0.1, -0.05) is 42.0 Å². The third-order valence-electron chi connectivity index (χ3n) is 6.83. The van der Waals surface area contributed by atoms with E-state index in [0.29, 0.717) is 11.7 Å². The van der Waals surface area contributed by atoms with Gasteiger partial charge in [-0.2, -0.15) is 0 Å². The number of aromatic hydroxyl groups is 2. The zero-order chi connectivity index (χ0) is 20.4. The predicted molar refractivity (Wildman–Crippen MR) is 119 cm³/mol. The smallest absolute Gasteiger partial charge is 0.127 e. The van der Waals surface area contributed by atoms with E-state index < -0.39 is 0 Å². The largest absolute Gasteiger partial charge is 0.507 e. The molecule has 1 aliphatic carbocycles. The molecule has 2 aliphatic rings. The second-order valence-electron chi connectivity index (χ2n) is 8.93. The van der Waals surface area contributed by atoms with Crippen molar-refractivity contribution in [3.8, 4) is 11.5 Å². The molecule has 1 atom stereocenters. The number of hydrogen-bond acceptors (Lipinski definition) is 3. The summed E-state index contributed by atoms with van der Waals surface area (Å²) in [6.07, 6.45) is 7.75. The number of rotatable bonds is 4. The summed E-state index contributed by atoms with van der Waals surface area (Å²) in [7, 11) is 0. The van der Waals surface area contributed by atoms with Crippen LogP contribution in [0.3, 0.4) is 0 Å². The molecule has 0 radical (unpaired) electrons. The van der Waals surface area contributed by atoms with Crippen molar-refractivity contribution in [3.63, 3.8) is 0 Å². The topological polar surface area (TPSA) is 43.7 Å². The van der Waals surface area contributed by atoms with Crippen molar-refractivity contribution in [2.45, 2.75) is 64.3 Å². The van der Waals surface area contributed by atoms with Crippen LogP contribution in [0.1, 0.15) is 73.1 Å². The Morgan fingerprint density at radius 2 is 1.72 bits per heavy atom. The maximum atomic E-state index is 11.1. The summed E-state index contributed by atoms with van der Waals surface area (Å²) >= 11 is 0. The monoisotopic (exact) mass is 391 g/mol. The standard InChI is InChI=1S/C26H33NO2/c1-18-7-6-10-22(15-18)25-24(28)16-19(2)23(26(25)29)17-27-13-11-21(12-14-27)20-8-4-3-5-9-20/h3-5,8-9,15-16,21-22,28-29H,6-7,10-14,17H2,1-2H3. The lowest BCUT2D eigenvalue weighted by Crippen LogP contribution is -2.32. The first kappa shape index (κ1) is 20.0. The van der Waals surface area contributed by atoms with Crippen molar-refractivity contribution in [1.82, 2.24) is 4.90 Å². The minimum Gasteiger partial charge on any atom is -0.507 e. The molecule has 3 heteroatoms. The first-order chi connectivity index (χ1) is 14.0. The number of phenols is 2. The maximum absolute atomic E-state index is 11.1. The minimum absolute atomic E-state index is 0.118. The number of likely N-dealkylation sites (tertiary alicyclic amines) is 1. The molecule has 4 rings (SSSR count). The molecule has 1 saturated heterocycles. The average Bonchev–Trinajstić information content (AvgIpc) is 2.72. The van der Waals surface area contributed by atoms with Crippen LogP contribution in [-0.2, 0) is 6.54 Å². The Balaban J connectivity index is 1.51. The Kier molecular flexibility index (Phi) is 5.96. The number of benzene rings is 2. The van der Waals surface area contributed by atoms with Crippen molar-refractivity contribution in [2.75, 3.05) is 13.1 Å². The molecule has 3 nitrogen and oxygen atoms in total. The molecular formula is C26H33NO2. The van der Waals surface area contributed by atoms with Gasteiger partial charge in [0.1, 0.15) is 11.5 Å². The van der Waals surface area contributed by atoms with E-state index in [1.54, 1.807) is 0 Å². The summed E-state index contributed by atoms with van der Waals surface area (Å²) in [4.78, 5) is 2.45. The van der Waals surface area contributed by atoms with Crippen molar-refractivity contribution >= 4 is 0 Å². The Hall–Kier alpha value is -2.26. The molecule has 2 aromatic rings. The predicted octanol–water partition coefficient (Wildman–Crippen LogP) is 6.00. The first-order valence-electron chi connectivity index (χ1n) is 11.0. The lowest BCUT2D eigenvalue weighted by atomic mass is 9.83. The molecule has 1 fully saturated rings. The van der Waals surface area contributed by atoms with Crippen LogP contribution in [0.2, 0.25) is 0 Å². The van der Waals surface area contributed by atoms with E-state index in [0.717, 1.165) is 68.4 Å². The molecular weight excluding hydrogens is 358 g/mol. The second-order valence-corrected chi connectivity index (χ2v) is 8.93. The highest BCUT2D eigenvalue weighted by Crippen LogP contribution is 2.44. The molecule has 0 spiro atoms. The third kappa shape index (κ3) is 4.35. The molecule has 2 aromatic carbocycles. The highest BCUT2D eigenvalue weighted by Gasteiger charge is 2.26. The molecule has 0 amide bonds. The summed E-state index contributed by atoms with van der Waals surface area (Å²) in [5.74, 6) is 1.30.